The van der Waals surface area contributed by atoms with Crippen LogP contribution in [0.25, 0.3) is 11.0 Å². The van der Waals surface area contributed by atoms with Crippen molar-refractivity contribution >= 4 is 16.9 Å². The molecule has 1 saturated heterocycles. The van der Waals surface area contributed by atoms with Gasteiger partial charge in [-0.3, -0.25) is 4.79 Å². The number of amides is 1. The number of aryl methyl sites for hydroxylation is 3. The lowest BCUT2D eigenvalue weighted by Crippen LogP contribution is -2.33. The van der Waals surface area contributed by atoms with Crippen molar-refractivity contribution in [2.45, 2.75) is 45.8 Å². The van der Waals surface area contributed by atoms with E-state index in [0.717, 1.165) is 27.7 Å². The lowest BCUT2D eigenvalue weighted by molar-refractivity contribution is -0.132. The molecule has 1 aromatic carbocycles. The fourth-order valence-corrected chi connectivity index (χ4v) is 3.56. The van der Waals surface area contributed by atoms with Gasteiger partial charge in [0.25, 0.3) is 0 Å². The Morgan fingerprint density at radius 2 is 2.15 bits per heavy atom. The van der Waals surface area contributed by atoms with Crippen molar-refractivity contribution in [2.75, 3.05) is 6.54 Å². The fourth-order valence-electron chi connectivity index (χ4n) is 3.56. The van der Waals surface area contributed by atoms with Crippen molar-refractivity contribution in [3.63, 3.8) is 0 Å². The molecule has 0 spiro atoms. The summed E-state index contributed by atoms with van der Waals surface area (Å²) in [5, 5.41) is 14.8. The highest BCUT2D eigenvalue weighted by Gasteiger charge is 2.38. The first-order valence-electron chi connectivity index (χ1n) is 8.68. The number of hydrogen-bond acceptors (Lipinski definition) is 6. The van der Waals surface area contributed by atoms with Gasteiger partial charge >= 0.3 is 0 Å². The Bertz CT molecular complexity index is 974. The highest BCUT2D eigenvalue weighted by molar-refractivity contribution is 5.89. The maximum Gasteiger partial charge on any atom is 0.249 e. The Morgan fingerprint density at radius 1 is 1.35 bits per heavy atom. The number of aliphatic hydroxyl groups excluding tert-OH is 1. The van der Waals surface area contributed by atoms with Crippen LogP contribution in [0.4, 0.5) is 0 Å². The maximum atomic E-state index is 12.9. The Balaban J connectivity index is 1.60. The summed E-state index contributed by atoms with van der Waals surface area (Å²) in [6, 6.07) is 3.63. The predicted octanol–water partition coefficient (Wildman–Crippen LogP) is 2.62. The van der Waals surface area contributed by atoms with Crippen molar-refractivity contribution in [2.24, 2.45) is 0 Å². The maximum absolute atomic E-state index is 12.9. The van der Waals surface area contributed by atoms with Crippen molar-refractivity contribution in [1.29, 1.82) is 0 Å². The summed E-state index contributed by atoms with van der Waals surface area (Å²) in [5.41, 5.74) is 3.89. The summed E-state index contributed by atoms with van der Waals surface area (Å²) in [7, 11) is 0. The average Bonchev–Trinajstić information content (AvgIpc) is 3.30. The monoisotopic (exact) mass is 355 g/mol. The van der Waals surface area contributed by atoms with Gasteiger partial charge in [0.15, 0.2) is 5.82 Å². The Kier molecular flexibility index (Phi) is 4.03. The Hall–Kier alpha value is -2.67. The topological polar surface area (TPSA) is 92.6 Å². The number of rotatable bonds is 3. The molecule has 0 saturated carbocycles. The van der Waals surface area contributed by atoms with Gasteiger partial charge in [0, 0.05) is 23.9 Å². The minimum Gasteiger partial charge on any atom is -0.464 e. The number of carbonyl (C=O) groups is 1. The summed E-state index contributed by atoms with van der Waals surface area (Å²) >= 11 is 0. The quantitative estimate of drug-likeness (QED) is 0.776. The van der Waals surface area contributed by atoms with Gasteiger partial charge in [0.1, 0.15) is 11.6 Å². The number of aromatic nitrogens is 2. The molecule has 0 radical (unpaired) electrons. The van der Waals surface area contributed by atoms with Crippen molar-refractivity contribution in [3.8, 4) is 0 Å². The zero-order chi connectivity index (χ0) is 18.4. The minimum atomic E-state index is -0.595. The summed E-state index contributed by atoms with van der Waals surface area (Å²) in [6.07, 6.45) is 1.65. The minimum absolute atomic E-state index is 0.0941. The van der Waals surface area contributed by atoms with E-state index in [-0.39, 0.29) is 24.9 Å². The van der Waals surface area contributed by atoms with Crippen LogP contribution >= 0.6 is 0 Å². The molecule has 136 valence electrons. The van der Waals surface area contributed by atoms with Crippen LogP contribution in [0.15, 0.2) is 27.3 Å². The zero-order valence-corrected chi connectivity index (χ0v) is 15.0. The number of nitrogens with zero attached hydrogens (tertiary/aromatic N) is 3. The molecule has 0 bridgehead atoms. The van der Waals surface area contributed by atoms with Crippen LogP contribution in [0.5, 0.6) is 0 Å². The van der Waals surface area contributed by atoms with Crippen LogP contribution in [0.2, 0.25) is 0 Å². The normalized spacial score (nSPS) is 20.2. The lowest BCUT2D eigenvalue weighted by atomic mass is 10.0. The SMILES string of the molecule is Cc1noc([C@H]2C[C@@H](O)CN2C(=O)Cc2coc3c(C)c(C)ccc23)n1. The second kappa shape index (κ2) is 6.25. The van der Waals surface area contributed by atoms with Crippen LogP contribution in [0.1, 0.15) is 40.9 Å². The molecule has 7 heteroatoms. The zero-order valence-electron chi connectivity index (χ0n) is 15.0. The number of likely N-dealkylation sites (tertiary alicyclic amines) is 1. The van der Waals surface area contributed by atoms with E-state index in [9.17, 15) is 9.90 Å². The molecular weight excluding hydrogens is 334 g/mol. The summed E-state index contributed by atoms with van der Waals surface area (Å²) < 4.78 is 10.9. The molecule has 1 aliphatic rings. The van der Waals surface area contributed by atoms with Crippen molar-refractivity contribution in [1.82, 2.24) is 15.0 Å². The van der Waals surface area contributed by atoms with Gasteiger partial charge in [-0.1, -0.05) is 17.3 Å². The van der Waals surface area contributed by atoms with Crippen molar-refractivity contribution in [3.05, 3.63) is 46.8 Å². The molecule has 3 heterocycles. The van der Waals surface area contributed by atoms with Crippen LogP contribution in [-0.4, -0.2) is 38.7 Å². The van der Waals surface area contributed by atoms with E-state index in [4.69, 9.17) is 8.94 Å². The first-order chi connectivity index (χ1) is 12.4. The number of benzene rings is 1. The van der Waals surface area contributed by atoms with Gasteiger partial charge in [-0.05, 0) is 31.9 Å². The smallest absolute Gasteiger partial charge is 0.249 e. The molecular formula is C19H21N3O4. The van der Waals surface area contributed by atoms with E-state index in [1.165, 1.54) is 0 Å². The predicted molar refractivity (Wildman–Crippen MR) is 93.5 cm³/mol. The third kappa shape index (κ3) is 2.78. The summed E-state index contributed by atoms with van der Waals surface area (Å²) in [5.74, 6) is 0.791. The van der Waals surface area contributed by atoms with Gasteiger partial charge in [-0.25, -0.2) is 0 Å². The van der Waals surface area contributed by atoms with Gasteiger partial charge < -0.3 is 18.9 Å². The largest absolute Gasteiger partial charge is 0.464 e. The van der Waals surface area contributed by atoms with Crippen LogP contribution in [-0.2, 0) is 11.2 Å². The van der Waals surface area contributed by atoms with Gasteiger partial charge in [-0.2, -0.15) is 4.98 Å². The molecule has 1 amide bonds. The number of furan rings is 1. The number of carbonyl (C=O) groups excluding carboxylic acids is 1. The summed E-state index contributed by atoms with van der Waals surface area (Å²) in [4.78, 5) is 18.8. The molecule has 0 aliphatic carbocycles. The fraction of sp³-hybridized carbons (Fsp3) is 0.421. The van der Waals surface area contributed by atoms with E-state index < -0.39 is 6.10 Å². The molecule has 2 aromatic heterocycles. The number of fused-ring (bicyclic) bond motifs is 1. The molecule has 1 fully saturated rings. The van der Waals surface area contributed by atoms with Crippen molar-refractivity contribution < 1.29 is 18.8 Å². The molecule has 1 N–H and O–H groups in total. The molecule has 4 rings (SSSR count). The average molecular weight is 355 g/mol. The Labute approximate surface area is 150 Å². The number of hydrogen-bond donors (Lipinski definition) is 1. The summed E-state index contributed by atoms with van der Waals surface area (Å²) in [6.45, 7) is 6.04. The van der Waals surface area contributed by atoms with Crippen LogP contribution in [0.3, 0.4) is 0 Å². The van der Waals surface area contributed by atoms with Gasteiger partial charge in [-0.15, -0.1) is 0 Å². The van der Waals surface area contributed by atoms with Crippen LogP contribution < -0.4 is 0 Å². The highest BCUT2D eigenvalue weighted by atomic mass is 16.5. The standard InChI is InChI=1S/C19H21N3O4/c1-10-4-5-15-13(9-25-18(15)11(10)2)6-17(24)22-8-14(23)7-16(22)19-20-12(3)21-26-19/h4-5,9,14,16,23H,6-8H2,1-3H3/t14-,16-/m1/s1. The molecule has 3 aromatic rings. The van der Waals surface area contributed by atoms with Crippen LogP contribution in [0, 0.1) is 20.8 Å². The van der Waals surface area contributed by atoms with E-state index >= 15 is 0 Å². The van der Waals surface area contributed by atoms with E-state index in [0.29, 0.717) is 18.1 Å². The van der Waals surface area contributed by atoms with Gasteiger partial charge in [0.05, 0.1) is 18.8 Å². The van der Waals surface area contributed by atoms with E-state index in [2.05, 4.69) is 10.1 Å². The first-order valence-corrected chi connectivity index (χ1v) is 8.68. The second-order valence-electron chi connectivity index (χ2n) is 6.95. The Morgan fingerprint density at radius 3 is 2.88 bits per heavy atom. The van der Waals surface area contributed by atoms with E-state index in [1.807, 2.05) is 26.0 Å². The molecule has 26 heavy (non-hydrogen) atoms. The molecule has 1 aliphatic heterocycles. The molecule has 7 nitrogen and oxygen atoms in total. The third-order valence-electron chi connectivity index (χ3n) is 5.11. The number of aliphatic hydroxyl groups is 1. The molecule has 2 atom stereocenters. The van der Waals surface area contributed by atoms with Gasteiger partial charge in [0.2, 0.25) is 11.8 Å². The highest BCUT2D eigenvalue weighted by Crippen LogP contribution is 2.33. The molecule has 0 unspecified atom stereocenters. The third-order valence-corrected chi connectivity index (χ3v) is 5.11. The lowest BCUT2D eigenvalue weighted by Gasteiger charge is -2.21. The second-order valence-corrected chi connectivity index (χ2v) is 6.95. The first kappa shape index (κ1) is 16.8. The van der Waals surface area contributed by atoms with E-state index in [1.54, 1.807) is 18.1 Å². The number of β-amino-alcohol motifs (C(OH)–C–C–N with tert-alkyl or cyclic N) is 1.